The molecule has 3 aromatic rings. The van der Waals surface area contributed by atoms with Crippen molar-refractivity contribution in [3.8, 4) is 22.6 Å². The molecular formula is C29H38Cl2N6O6. The molecule has 1 aromatic carbocycles. The van der Waals surface area contributed by atoms with Crippen LogP contribution in [0.25, 0.3) is 22.2 Å². The Hall–Kier alpha value is -3.16. The van der Waals surface area contributed by atoms with Gasteiger partial charge < -0.3 is 24.7 Å². The number of pyridine rings is 1. The summed E-state index contributed by atoms with van der Waals surface area (Å²) in [6, 6.07) is 3.10. The second-order valence-electron chi connectivity index (χ2n) is 11.3. The molecule has 0 radical (unpaired) electrons. The van der Waals surface area contributed by atoms with Gasteiger partial charge in [0.1, 0.15) is 41.9 Å². The fourth-order valence-electron chi connectivity index (χ4n) is 4.85. The highest BCUT2D eigenvalue weighted by Gasteiger charge is 2.47. The molecule has 0 aliphatic carbocycles. The Morgan fingerprint density at radius 2 is 1.77 bits per heavy atom. The van der Waals surface area contributed by atoms with Gasteiger partial charge in [0.2, 0.25) is 5.95 Å². The Morgan fingerprint density at radius 1 is 1.16 bits per heavy atom. The number of rotatable bonds is 10. The van der Waals surface area contributed by atoms with E-state index in [1.54, 1.807) is 46.1 Å². The number of likely N-dealkylation sites (tertiary alicyclic amines) is 1. The Labute approximate surface area is 260 Å². The molecule has 1 aliphatic rings. The number of carbonyl (C=O) groups is 1. The van der Waals surface area contributed by atoms with Gasteiger partial charge in [0, 0.05) is 43.4 Å². The SMILES string of the molecule is CCOc1cc(OCC)c(Cl)c(-c2cc3cnc(NC)nc3n(CCN(C)C3C[N+]([O-])(C(=O)OC(C)(C)C)C3)c2=O)c1Cl. The average Bonchev–Trinajstić information content (AvgIpc) is 2.92. The van der Waals surface area contributed by atoms with E-state index in [1.807, 2.05) is 25.8 Å². The highest BCUT2D eigenvalue weighted by molar-refractivity contribution is 6.41. The molecule has 0 unspecified atom stereocenters. The van der Waals surface area contributed by atoms with E-state index < -0.39 is 16.3 Å². The van der Waals surface area contributed by atoms with E-state index in [0.717, 1.165) is 0 Å². The number of hydrogen-bond acceptors (Lipinski definition) is 10. The number of hydrogen-bond donors (Lipinski definition) is 1. The maximum absolute atomic E-state index is 14.2. The lowest BCUT2D eigenvalue weighted by atomic mass is 10.0. The Balaban J connectivity index is 1.71. The number of quaternary nitrogens is 1. The second kappa shape index (κ2) is 12.8. The maximum Gasteiger partial charge on any atom is 0.516 e. The van der Waals surface area contributed by atoms with Crippen molar-refractivity contribution in [2.24, 2.45) is 0 Å². The van der Waals surface area contributed by atoms with Crippen LogP contribution in [0.5, 0.6) is 11.5 Å². The van der Waals surface area contributed by atoms with Crippen LogP contribution < -0.4 is 20.3 Å². The predicted molar refractivity (Wildman–Crippen MR) is 167 cm³/mol. The second-order valence-corrected chi connectivity index (χ2v) is 12.1. The van der Waals surface area contributed by atoms with Gasteiger partial charge in [0.25, 0.3) is 5.56 Å². The summed E-state index contributed by atoms with van der Waals surface area (Å²) >= 11 is 13.6. The molecule has 4 rings (SSSR count). The van der Waals surface area contributed by atoms with E-state index in [2.05, 4.69) is 15.3 Å². The lowest BCUT2D eigenvalue weighted by Crippen LogP contribution is -2.70. The first-order valence-corrected chi connectivity index (χ1v) is 14.9. The van der Waals surface area contributed by atoms with E-state index >= 15 is 0 Å². The van der Waals surface area contributed by atoms with Crippen LogP contribution in [0.4, 0.5) is 10.7 Å². The van der Waals surface area contributed by atoms with Crippen LogP contribution in [0.3, 0.4) is 0 Å². The average molecular weight is 638 g/mol. The number of nitrogens with zero attached hydrogens (tertiary/aromatic N) is 5. The summed E-state index contributed by atoms with van der Waals surface area (Å²) in [5.41, 5.74) is -0.192. The Bertz CT molecular complexity index is 1540. The normalized spacial score (nSPS) is 18.4. The fourth-order valence-corrected chi connectivity index (χ4v) is 5.51. The number of carbonyl (C=O) groups excluding carboxylic acids is 1. The molecule has 43 heavy (non-hydrogen) atoms. The van der Waals surface area contributed by atoms with Crippen molar-refractivity contribution in [2.45, 2.75) is 52.8 Å². The van der Waals surface area contributed by atoms with Crippen LogP contribution in [0.2, 0.25) is 10.0 Å². The van der Waals surface area contributed by atoms with Gasteiger partial charge in [-0.1, -0.05) is 23.2 Å². The largest absolute Gasteiger partial charge is 0.622 e. The summed E-state index contributed by atoms with van der Waals surface area (Å²) in [7, 11) is 3.54. The molecule has 2 aromatic heterocycles. The van der Waals surface area contributed by atoms with Crippen LogP contribution in [0.1, 0.15) is 34.6 Å². The van der Waals surface area contributed by atoms with Gasteiger partial charge in [-0.05, 0) is 47.7 Å². The van der Waals surface area contributed by atoms with Gasteiger partial charge in [0.15, 0.2) is 0 Å². The van der Waals surface area contributed by atoms with Crippen LogP contribution in [-0.2, 0) is 11.3 Å². The van der Waals surface area contributed by atoms with Crippen molar-refractivity contribution in [1.82, 2.24) is 19.4 Å². The molecule has 1 saturated heterocycles. The number of benzene rings is 1. The maximum atomic E-state index is 14.2. The Kier molecular flexibility index (Phi) is 9.77. The van der Waals surface area contributed by atoms with E-state index in [4.69, 9.17) is 37.4 Å². The number of fused-ring (bicyclic) bond motifs is 1. The van der Waals surface area contributed by atoms with Crippen LogP contribution in [-0.4, -0.2) is 88.8 Å². The molecule has 234 valence electrons. The lowest BCUT2D eigenvalue weighted by molar-refractivity contribution is -0.856. The van der Waals surface area contributed by atoms with Gasteiger partial charge in [-0.2, -0.15) is 9.78 Å². The number of ether oxygens (including phenoxy) is 3. The standard InChI is InChI=1S/C29H38Cl2N6O6/c1-8-41-20-13-21(42-9-2)24(31)22(23(20)30)19-12-17-14-33-27(32-6)34-25(17)36(26(19)38)11-10-35(7)18-15-37(40,16-18)28(39)43-29(3,4)5/h12-14,18H,8-11,15-16H2,1-7H3,(H,32,33,34). The van der Waals surface area contributed by atoms with Gasteiger partial charge in [-0.15, -0.1) is 0 Å². The zero-order chi connectivity index (χ0) is 31.7. The molecule has 0 atom stereocenters. The number of likely N-dealkylation sites (N-methyl/N-ethyl adjacent to an activating group) is 1. The number of hydroxylamine groups is 3. The van der Waals surface area contributed by atoms with E-state index in [0.29, 0.717) is 48.2 Å². The molecule has 1 amide bonds. The smallest absolute Gasteiger partial charge is 0.516 e. The molecule has 0 bridgehead atoms. The summed E-state index contributed by atoms with van der Waals surface area (Å²) < 4.78 is 17.3. The zero-order valence-corrected chi connectivity index (χ0v) is 27.0. The first-order chi connectivity index (χ1) is 20.2. The van der Waals surface area contributed by atoms with E-state index in [9.17, 15) is 14.8 Å². The van der Waals surface area contributed by atoms with Gasteiger partial charge in [0.05, 0.1) is 28.8 Å². The summed E-state index contributed by atoms with van der Waals surface area (Å²) in [6.45, 7) is 10.3. The quantitative estimate of drug-likeness (QED) is 0.235. The first kappa shape index (κ1) is 32.7. The van der Waals surface area contributed by atoms with Crippen LogP contribution >= 0.6 is 23.2 Å². The summed E-state index contributed by atoms with van der Waals surface area (Å²) in [5.74, 6) is 1.03. The third kappa shape index (κ3) is 6.83. The number of amides is 1. The fraction of sp³-hybridized carbons (Fsp3) is 0.517. The van der Waals surface area contributed by atoms with Crippen molar-refractivity contribution in [1.29, 1.82) is 0 Å². The molecule has 3 heterocycles. The van der Waals surface area contributed by atoms with Gasteiger partial charge in [-0.3, -0.25) is 18.9 Å². The molecular weight excluding hydrogens is 599 g/mol. The Morgan fingerprint density at radius 3 is 2.30 bits per heavy atom. The molecule has 14 heteroatoms. The number of nitrogens with one attached hydrogen (secondary N) is 1. The minimum atomic E-state index is -1.04. The summed E-state index contributed by atoms with van der Waals surface area (Å²) in [4.78, 5) is 37.4. The summed E-state index contributed by atoms with van der Waals surface area (Å²) in [5, 5.41) is 16.8. The zero-order valence-electron chi connectivity index (χ0n) is 25.5. The minimum absolute atomic E-state index is 0.0583. The number of halogens is 2. The van der Waals surface area contributed by atoms with Crippen molar-refractivity contribution in [2.75, 3.05) is 52.3 Å². The molecule has 1 aliphatic heterocycles. The molecule has 0 spiro atoms. The van der Waals surface area contributed by atoms with Crippen molar-refractivity contribution in [3.63, 3.8) is 0 Å². The molecule has 1 fully saturated rings. The van der Waals surface area contributed by atoms with E-state index in [-0.39, 0.29) is 52.4 Å². The van der Waals surface area contributed by atoms with Gasteiger partial charge in [-0.25, -0.2) is 4.98 Å². The molecule has 1 N–H and O–H groups in total. The minimum Gasteiger partial charge on any atom is -0.622 e. The van der Waals surface area contributed by atoms with Crippen LogP contribution in [0.15, 0.2) is 23.1 Å². The first-order valence-electron chi connectivity index (χ1n) is 14.1. The molecule has 0 saturated carbocycles. The van der Waals surface area contributed by atoms with Crippen molar-refractivity contribution < 1.29 is 23.7 Å². The van der Waals surface area contributed by atoms with Gasteiger partial charge >= 0.3 is 6.09 Å². The molecule has 12 nitrogen and oxygen atoms in total. The highest BCUT2D eigenvalue weighted by Crippen LogP contribution is 2.45. The number of aromatic nitrogens is 3. The highest BCUT2D eigenvalue weighted by atomic mass is 35.5. The third-order valence-corrected chi connectivity index (χ3v) is 7.84. The van der Waals surface area contributed by atoms with Crippen molar-refractivity contribution >= 4 is 46.3 Å². The van der Waals surface area contributed by atoms with E-state index in [1.165, 1.54) is 4.57 Å². The van der Waals surface area contributed by atoms with Crippen LogP contribution in [0, 0.1) is 5.21 Å². The third-order valence-electron chi connectivity index (χ3n) is 7.09. The lowest BCUT2D eigenvalue weighted by Gasteiger charge is -2.52. The summed E-state index contributed by atoms with van der Waals surface area (Å²) in [6.07, 6.45) is 0.822. The van der Waals surface area contributed by atoms with Crippen molar-refractivity contribution in [3.05, 3.63) is 43.9 Å². The number of anilines is 1. The topological polar surface area (TPSA) is 131 Å². The monoisotopic (exact) mass is 636 g/mol. The predicted octanol–water partition coefficient (Wildman–Crippen LogP) is 5.17.